The van der Waals surface area contributed by atoms with Crippen molar-refractivity contribution >= 4 is 32.7 Å². The number of para-hydroxylation sites is 1. The van der Waals surface area contributed by atoms with Crippen molar-refractivity contribution in [1.29, 1.82) is 0 Å². The fourth-order valence-electron chi connectivity index (χ4n) is 2.11. The maximum atomic E-state index is 13.5. The Kier molecular flexibility index (Phi) is 4.50. The highest BCUT2D eigenvalue weighted by Gasteiger charge is 2.14. The number of fused-ring (bicyclic) bond motifs is 1. The first-order chi connectivity index (χ1) is 11.1. The monoisotopic (exact) mass is 331 g/mol. The Hall–Kier alpha value is -2.51. The number of rotatable bonds is 4. The number of amides is 2. The summed E-state index contributed by atoms with van der Waals surface area (Å²) in [4.78, 5) is 16.1. The zero-order valence-electron chi connectivity index (χ0n) is 12.0. The van der Waals surface area contributed by atoms with Crippen LogP contribution in [0, 0.1) is 5.82 Å². The third-order valence-corrected chi connectivity index (χ3v) is 4.19. The summed E-state index contributed by atoms with van der Waals surface area (Å²) in [6.45, 7) is -0.0995. The van der Waals surface area contributed by atoms with Crippen LogP contribution in [0.4, 0.5) is 14.3 Å². The van der Waals surface area contributed by atoms with Gasteiger partial charge in [0.2, 0.25) is 0 Å². The first-order valence-electron chi connectivity index (χ1n) is 6.96. The Morgan fingerprint density at radius 3 is 2.74 bits per heavy atom. The largest absolute Gasteiger partial charge is 0.386 e. The van der Waals surface area contributed by atoms with E-state index in [0.717, 1.165) is 10.2 Å². The molecule has 0 fully saturated rings. The molecule has 2 amide bonds. The second-order valence-corrected chi connectivity index (χ2v) is 5.89. The number of hydrogen-bond donors (Lipinski definition) is 3. The summed E-state index contributed by atoms with van der Waals surface area (Å²) in [5, 5.41) is 15.5. The van der Waals surface area contributed by atoms with Crippen molar-refractivity contribution in [3.63, 3.8) is 0 Å². The van der Waals surface area contributed by atoms with E-state index in [1.54, 1.807) is 12.1 Å². The van der Waals surface area contributed by atoms with Crippen molar-refractivity contribution in [1.82, 2.24) is 10.3 Å². The van der Waals surface area contributed by atoms with Crippen LogP contribution in [0.5, 0.6) is 0 Å². The van der Waals surface area contributed by atoms with E-state index < -0.39 is 18.0 Å². The normalized spacial score (nSPS) is 12.1. The number of hydrogen-bond acceptors (Lipinski definition) is 4. The molecule has 0 aliphatic heterocycles. The summed E-state index contributed by atoms with van der Waals surface area (Å²) in [7, 11) is 0. The minimum Gasteiger partial charge on any atom is -0.386 e. The first kappa shape index (κ1) is 15.4. The van der Waals surface area contributed by atoms with Gasteiger partial charge in [-0.25, -0.2) is 14.2 Å². The summed E-state index contributed by atoms with van der Waals surface area (Å²) in [5.74, 6) is -0.506. The van der Waals surface area contributed by atoms with E-state index in [1.807, 2.05) is 24.3 Å². The molecule has 0 aliphatic rings. The predicted octanol–water partition coefficient (Wildman–Crippen LogP) is 3.29. The van der Waals surface area contributed by atoms with Crippen molar-refractivity contribution < 1.29 is 14.3 Å². The summed E-state index contributed by atoms with van der Waals surface area (Å²) in [5.41, 5.74) is 0.951. The second kappa shape index (κ2) is 6.72. The molecule has 2 aromatic carbocycles. The van der Waals surface area contributed by atoms with E-state index in [4.69, 9.17) is 0 Å². The number of aromatic nitrogens is 1. The van der Waals surface area contributed by atoms with Crippen LogP contribution in [0.25, 0.3) is 10.2 Å². The Bertz CT molecular complexity index is 804. The van der Waals surface area contributed by atoms with Crippen LogP contribution in [-0.4, -0.2) is 22.7 Å². The van der Waals surface area contributed by atoms with Crippen molar-refractivity contribution in [2.24, 2.45) is 0 Å². The number of nitrogens with one attached hydrogen (secondary N) is 2. The Morgan fingerprint density at radius 2 is 1.96 bits per heavy atom. The van der Waals surface area contributed by atoms with Gasteiger partial charge in [0.1, 0.15) is 5.82 Å². The van der Waals surface area contributed by atoms with E-state index >= 15 is 0 Å². The smallest absolute Gasteiger partial charge is 0.321 e. The maximum absolute atomic E-state index is 13.5. The number of benzene rings is 2. The van der Waals surface area contributed by atoms with Crippen molar-refractivity contribution in [3.8, 4) is 0 Å². The van der Waals surface area contributed by atoms with E-state index in [0.29, 0.717) is 5.13 Å². The zero-order valence-corrected chi connectivity index (χ0v) is 12.8. The quantitative estimate of drug-likeness (QED) is 0.687. The molecule has 5 nitrogen and oxygen atoms in total. The van der Waals surface area contributed by atoms with Gasteiger partial charge in [0.15, 0.2) is 5.13 Å². The van der Waals surface area contributed by atoms with Gasteiger partial charge in [-0.15, -0.1) is 0 Å². The first-order valence-corrected chi connectivity index (χ1v) is 7.78. The number of carbonyl (C=O) groups is 1. The second-order valence-electron chi connectivity index (χ2n) is 4.86. The van der Waals surface area contributed by atoms with E-state index in [9.17, 15) is 14.3 Å². The van der Waals surface area contributed by atoms with Gasteiger partial charge in [-0.05, 0) is 18.2 Å². The van der Waals surface area contributed by atoms with E-state index in [1.165, 1.54) is 23.5 Å². The Labute approximate surface area is 135 Å². The molecule has 1 atom stereocenters. The van der Waals surface area contributed by atoms with Crippen LogP contribution >= 0.6 is 11.3 Å². The van der Waals surface area contributed by atoms with Crippen LogP contribution in [0.15, 0.2) is 48.5 Å². The van der Waals surface area contributed by atoms with Gasteiger partial charge in [-0.1, -0.05) is 41.7 Å². The molecule has 0 saturated carbocycles. The third kappa shape index (κ3) is 3.64. The van der Waals surface area contributed by atoms with Gasteiger partial charge < -0.3 is 10.4 Å². The average molecular weight is 331 g/mol. The standard InChI is InChI=1S/C16H14FN3O2S/c17-11-6-2-1-5-10(11)13(21)9-18-15(22)20-16-19-12-7-3-4-8-14(12)23-16/h1-8,13,21H,9H2,(H2,18,19,20,22)/t13-/m0/s1. The third-order valence-electron chi connectivity index (χ3n) is 3.23. The highest BCUT2D eigenvalue weighted by atomic mass is 32.1. The minimum absolute atomic E-state index is 0.0995. The van der Waals surface area contributed by atoms with Crippen LogP contribution < -0.4 is 10.6 Å². The number of carbonyl (C=O) groups excluding carboxylic acids is 1. The Balaban J connectivity index is 1.58. The number of aliphatic hydroxyl groups is 1. The number of halogens is 1. The molecular weight excluding hydrogens is 317 g/mol. The minimum atomic E-state index is -1.11. The molecular formula is C16H14FN3O2S. The molecule has 7 heteroatoms. The van der Waals surface area contributed by atoms with E-state index in [-0.39, 0.29) is 12.1 Å². The molecule has 0 radical (unpaired) electrons. The van der Waals surface area contributed by atoms with Crippen LogP contribution in [-0.2, 0) is 0 Å². The molecule has 1 aromatic heterocycles. The molecule has 3 aromatic rings. The lowest BCUT2D eigenvalue weighted by molar-refractivity contribution is 0.170. The number of thiazole rings is 1. The molecule has 23 heavy (non-hydrogen) atoms. The molecule has 0 bridgehead atoms. The van der Waals surface area contributed by atoms with Crippen LogP contribution in [0.1, 0.15) is 11.7 Å². The molecule has 0 spiro atoms. The summed E-state index contributed by atoms with van der Waals surface area (Å²) < 4.78 is 14.5. The summed E-state index contributed by atoms with van der Waals surface area (Å²) in [6, 6.07) is 13.0. The van der Waals surface area contributed by atoms with Gasteiger partial charge >= 0.3 is 6.03 Å². The van der Waals surface area contributed by atoms with Gasteiger partial charge in [0, 0.05) is 12.1 Å². The summed E-state index contributed by atoms with van der Waals surface area (Å²) >= 11 is 1.35. The maximum Gasteiger partial charge on any atom is 0.321 e. The van der Waals surface area contributed by atoms with Gasteiger partial charge in [0.25, 0.3) is 0 Å². The average Bonchev–Trinajstić information content (AvgIpc) is 2.95. The molecule has 3 rings (SSSR count). The number of urea groups is 1. The molecule has 0 aliphatic carbocycles. The molecule has 1 heterocycles. The SMILES string of the molecule is O=C(NC[C@H](O)c1ccccc1F)Nc1nc2ccccc2s1. The summed E-state index contributed by atoms with van der Waals surface area (Å²) in [6.07, 6.45) is -1.11. The molecule has 118 valence electrons. The van der Waals surface area contributed by atoms with Crippen molar-refractivity contribution in [2.45, 2.75) is 6.10 Å². The zero-order chi connectivity index (χ0) is 16.2. The number of aliphatic hydroxyl groups excluding tert-OH is 1. The number of anilines is 1. The predicted molar refractivity (Wildman–Crippen MR) is 88.0 cm³/mol. The Morgan fingerprint density at radius 1 is 1.22 bits per heavy atom. The van der Waals surface area contributed by atoms with Gasteiger partial charge in [-0.3, -0.25) is 5.32 Å². The highest BCUT2D eigenvalue weighted by Crippen LogP contribution is 2.25. The van der Waals surface area contributed by atoms with Crippen LogP contribution in [0.3, 0.4) is 0 Å². The fraction of sp³-hybridized carbons (Fsp3) is 0.125. The lowest BCUT2D eigenvalue weighted by Crippen LogP contribution is -2.32. The van der Waals surface area contributed by atoms with E-state index in [2.05, 4.69) is 15.6 Å². The van der Waals surface area contributed by atoms with Crippen LogP contribution in [0.2, 0.25) is 0 Å². The van der Waals surface area contributed by atoms with Gasteiger partial charge in [-0.2, -0.15) is 0 Å². The lowest BCUT2D eigenvalue weighted by Gasteiger charge is -2.12. The molecule has 0 saturated heterocycles. The molecule has 3 N–H and O–H groups in total. The highest BCUT2D eigenvalue weighted by molar-refractivity contribution is 7.22. The van der Waals surface area contributed by atoms with Gasteiger partial charge in [0.05, 0.1) is 16.3 Å². The van der Waals surface area contributed by atoms with Crippen molar-refractivity contribution in [2.75, 3.05) is 11.9 Å². The molecule has 0 unspecified atom stereocenters. The topological polar surface area (TPSA) is 74.2 Å². The fourth-order valence-corrected chi connectivity index (χ4v) is 2.97. The number of nitrogens with zero attached hydrogens (tertiary/aromatic N) is 1. The van der Waals surface area contributed by atoms with Crippen molar-refractivity contribution in [3.05, 3.63) is 59.9 Å². The lowest BCUT2D eigenvalue weighted by atomic mass is 10.1.